The van der Waals surface area contributed by atoms with E-state index in [0.29, 0.717) is 17.4 Å². The molecule has 2 N–H and O–H groups in total. The summed E-state index contributed by atoms with van der Waals surface area (Å²) in [6.45, 7) is -0.911. The summed E-state index contributed by atoms with van der Waals surface area (Å²) in [7, 11) is 0. The second-order valence-corrected chi connectivity index (χ2v) is 5.60. The third-order valence-electron chi connectivity index (χ3n) is 3.22. The van der Waals surface area contributed by atoms with Crippen molar-refractivity contribution in [3.63, 3.8) is 0 Å². The van der Waals surface area contributed by atoms with Crippen molar-refractivity contribution in [3.8, 4) is 0 Å². The molecule has 0 amide bonds. The largest absolute Gasteiger partial charge is 0.416 e. The van der Waals surface area contributed by atoms with Gasteiger partial charge in [0, 0.05) is 5.56 Å². The van der Waals surface area contributed by atoms with Crippen LogP contribution in [-0.4, -0.2) is 15.6 Å². The number of aromatic nitrogens is 1. The van der Waals surface area contributed by atoms with Crippen LogP contribution in [0.1, 0.15) is 17.2 Å². The molecule has 0 aliphatic carbocycles. The van der Waals surface area contributed by atoms with Gasteiger partial charge in [0.05, 0.1) is 22.3 Å². The van der Waals surface area contributed by atoms with Gasteiger partial charge in [0.25, 0.3) is 5.92 Å². The first-order valence-electron chi connectivity index (χ1n) is 5.46. The Morgan fingerprint density at radius 1 is 1.33 bits per heavy atom. The van der Waals surface area contributed by atoms with Crippen LogP contribution in [0.4, 0.5) is 22.0 Å². The molecule has 2 heterocycles. The zero-order valence-corrected chi connectivity index (χ0v) is 11.7. The van der Waals surface area contributed by atoms with Gasteiger partial charge in [-0.15, -0.1) is 12.4 Å². The number of aliphatic hydroxyl groups is 1. The van der Waals surface area contributed by atoms with Crippen molar-refractivity contribution < 1.29 is 27.1 Å². The highest BCUT2D eigenvalue weighted by Gasteiger charge is 2.46. The molecule has 1 aromatic heterocycles. The second-order valence-electron chi connectivity index (χ2n) is 4.57. The van der Waals surface area contributed by atoms with Crippen LogP contribution in [0.25, 0.3) is 10.2 Å². The van der Waals surface area contributed by atoms with Crippen LogP contribution in [0, 0.1) is 5.41 Å². The number of nitrogens with zero attached hydrogens (tertiary/aromatic N) is 1. The topological polar surface area (TPSA) is 49.0 Å². The van der Waals surface area contributed by atoms with Gasteiger partial charge in [-0.25, -0.2) is 8.78 Å². The molecule has 1 aromatic carbocycles. The summed E-state index contributed by atoms with van der Waals surface area (Å²) in [6.07, 6.45) is -7.00. The van der Waals surface area contributed by atoms with Gasteiger partial charge in [0.15, 0.2) is 4.80 Å². The summed E-state index contributed by atoms with van der Waals surface area (Å²) < 4.78 is 66.6. The molecule has 1 atom stereocenters. The van der Waals surface area contributed by atoms with E-state index in [1.807, 2.05) is 0 Å². The van der Waals surface area contributed by atoms with E-state index in [-0.39, 0.29) is 27.4 Å². The third-order valence-corrected chi connectivity index (χ3v) is 4.16. The quantitative estimate of drug-likeness (QED) is 0.706. The van der Waals surface area contributed by atoms with Gasteiger partial charge in [-0.1, -0.05) is 11.3 Å². The first-order chi connectivity index (χ1) is 9.11. The van der Waals surface area contributed by atoms with Gasteiger partial charge < -0.3 is 9.67 Å². The average molecular weight is 347 g/mol. The molecule has 1 aliphatic heterocycles. The summed E-state index contributed by atoms with van der Waals surface area (Å²) in [5.41, 5.74) is -1.52. The Bertz CT molecular complexity index is 766. The van der Waals surface area contributed by atoms with E-state index in [9.17, 15) is 27.1 Å². The minimum absolute atomic E-state index is 0. The summed E-state index contributed by atoms with van der Waals surface area (Å²) in [6, 6.07) is 1.34. The van der Waals surface area contributed by atoms with Crippen molar-refractivity contribution in [3.05, 3.63) is 28.1 Å². The fraction of sp³-hybridized carbons (Fsp3) is 0.364. The molecular weight excluding hydrogens is 339 g/mol. The smallest absolute Gasteiger partial charge is 0.382 e. The Morgan fingerprint density at radius 2 is 1.95 bits per heavy atom. The van der Waals surface area contributed by atoms with E-state index in [2.05, 4.69) is 0 Å². The molecule has 0 saturated heterocycles. The predicted octanol–water partition coefficient (Wildman–Crippen LogP) is 3.31. The Morgan fingerprint density at radius 3 is 2.52 bits per heavy atom. The molecule has 3 nitrogen and oxygen atoms in total. The molecule has 1 aliphatic rings. The molecule has 0 bridgehead atoms. The van der Waals surface area contributed by atoms with Gasteiger partial charge >= 0.3 is 6.18 Å². The van der Waals surface area contributed by atoms with Crippen LogP contribution in [-0.2, 0) is 12.7 Å². The van der Waals surface area contributed by atoms with Crippen LogP contribution < -0.4 is 4.80 Å². The fourth-order valence-electron chi connectivity index (χ4n) is 2.30. The highest BCUT2D eigenvalue weighted by atomic mass is 35.5. The van der Waals surface area contributed by atoms with Crippen molar-refractivity contribution >= 4 is 34.0 Å². The lowest BCUT2D eigenvalue weighted by molar-refractivity contribution is -0.139. The predicted molar refractivity (Wildman–Crippen MR) is 67.8 cm³/mol. The van der Waals surface area contributed by atoms with Gasteiger partial charge in [0.2, 0.25) is 0 Å². The molecule has 10 heteroatoms. The van der Waals surface area contributed by atoms with E-state index in [1.165, 1.54) is 0 Å². The minimum atomic E-state index is -4.70. The normalized spacial score (nSPS) is 20.4. The second kappa shape index (κ2) is 4.65. The maximum atomic E-state index is 13.7. The molecule has 0 saturated carbocycles. The number of hydrogen-bond donors (Lipinski definition) is 2. The van der Waals surface area contributed by atoms with Crippen molar-refractivity contribution in [2.45, 2.75) is 24.7 Å². The van der Waals surface area contributed by atoms with Crippen molar-refractivity contribution in [1.82, 2.24) is 4.57 Å². The third kappa shape index (κ3) is 2.33. The average Bonchev–Trinajstić information content (AvgIpc) is 2.61. The van der Waals surface area contributed by atoms with Gasteiger partial charge in [-0.2, -0.15) is 13.2 Å². The minimum Gasteiger partial charge on any atom is -0.382 e. The highest BCUT2D eigenvalue weighted by molar-refractivity contribution is 7.16. The number of thiazole rings is 1. The van der Waals surface area contributed by atoms with Crippen molar-refractivity contribution in [1.29, 1.82) is 5.41 Å². The summed E-state index contributed by atoms with van der Waals surface area (Å²) in [4.78, 5) is -0.271. The van der Waals surface area contributed by atoms with E-state index < -0.39 is 35.9 Å². The van der Waals surface area contributed by atoms with Crippen LogP contribution in [0.3, 0.4) is 0 Å². The summed E-state index contributed by atoms with van der Waals surface area (Å²) in [5, 5.41) is 17.2. The van der Waals surface area contributed by atoms with Crippen LogP contribution in [0.2, 0.25) is 0 Å². The lowest BCUT2D eigenvalue weighted by Gasteiger charge is -2.29. The lowest BCUT2D eigenvalue weighted by atomic mass is 9.96. The van der Waals surface area contributed by atoms with E-state index in [4.69, 9.17) is 5.41 Å². The van der Waals surface area contributed by atoms with Crippen LogP contribution in [0.5, 0.6) is 0 Å². The first kappa shape index (κ1) is 16.2. The Balaban J connectivity index is 0.00000161. The molecular formula is C11H8ClF5N2OS. The number of nitrogens with one attached hydrogen (secondary N) is 1. The highest BCUT2D eigenvalue weighted by Crippen LogP contribution is 2.44. The Labute approximate surface area is 124 Å². The Hall–Kier alpha value is -1.19. The zero-order chi connectivity index (χ0) is 14.9. The van der Waals surface area contributed by atoms with Gasteiger partial charge in [-0.05, 0) is 12.1 Å². The number of rotatable bonds is 0. The maximum Gasteiger partial charge on any atom is 0.416 e. The van der Waals surface area contributed by atoms with E-state index in [1.54, 1.807) is 0 Å². The van der Waals surface area contributed by atoms with E-state index >= 15 is 0 Å². The fourth-order valence-corrected chi connectivity index (χ4v) is 3.29. The maximum absolute atomic E-state index is 13.7. The molecule has 3 rings (SSSR count). The van der Waals surface area contributed by atoms with Gasteiger partial charge in [0.1, 0.15) is 6.10 Å². The molecule has 2 aromatic rings. The Kier molecular flexibility index (Phi) is 3.59. The first-order valence-corrected chi connectivity index (χ1v) is 6.28. The molecule has 21 heavy (non-hydrogen) atoms. The standard InChI is InChI=1S/C11H7F5N2OS.ClH/c12-10(13)3-18-7-5(8(10)19)1-4(11(14,15)16)2-6(7)20-9(18)17;/h1-2,8,17,19H,3H2;1H. The molecule has 116 valence electrons. The van der Waals surface area contributed by atoms with Crippen LogP contribution in [0.15, 0.2) is 12.1 Å². The number of alkyl halides is 5. The SMILES string of the molecule is Cl.N=c1sc2cc(C(F)(F)F)cc3c2n1CC(F)(F)C3O. The summed E-state index contributed by atoms with van der Waals surface area (Å²) >= 11 is 0.676. The van der Waals surface area contributed by atoms with E-state index in [0.717, 1.165) is 10.6 Å². The molecule has 0 fully saturated rings. The van der Waals surface area contributed by atoms with Crippen molar-refractivity contribution in [2.24, 2.45) is 0 Å². The molecule has 1 unspecified atom stereocenters. The number of hydrogen-bond acceptors (Lipinski definition) is 3. The number of halogens is 6. The number of benzene rings is 1. The van der Waals surface area contributed by atoms with Crippen molar-refractivity contribution in [2.75, 3.05) is 0 Å². The summed E-state index contributed by atoms with van der Waals surface area (Å²) in [5.74, 6) is -3.61. The molecule has 0 radical (unpaired) electrons. The zero-order valence-electron chi connectivity index (χ0n) is 10.0. The number of aliphatic hydroxyl groups excluding tert-OH is 1. The van der Waals surface area contributed by atoms with Crippen LogP contribution >= 0.6 is 23.7 Å². The monoisotopic (exact) mass is 346 g/mol. The molecule has 0 spiro atoms. The van der Waals surface area contributed by atoms with Gasteiger partial charge in [-0.3, -0.25) is 5.41 Å². The lowest BCUT2D eigenvalue weighted by Crippen LogP contribution is -2.38.